The van der Waals surface area contributed by atoms with Crippen molar-refractivity contribution >= 4 is 12.2 Å². The molecule has 1 saturated carbocycles. The van der Waals surface area contributed by atoms with E-state index in [1.807, 2.05) is 0 Å². The molecule has 0 spiro atoms. The third kappa shape index (κ3) is 4.37. The fourth-order valence-electron chi connectivity index (χ4n) is 1.70. The molecule has 0 bridgehead atoms. The molecule has 1 aromatic rings. The fraction of sp³-hybridized carbons (Fsp3) is 0.615. The number of hydrogen-bond donors (Lipinski definition) is 1. The summed E-state index contributed by atoms with van der Waals surface area (Å²) in [6.07, 6.45) is 2.28. The van der Waals surface area contributed by atoms with E-state index in [4.69, 9.17) is 13.9 Å². The van der Waals surface area contributed by atoms with Gasteiger partial charge in [0.1, 0.15) is 12.3 Å². The Morgan fingerprint density at radius 2 is 2.10 bits per heavy atom. The monoisotopic (exact) mass is 297 g/mol. The first-order chi connectivity index (χ1) is 10.1. The highest BCUT2D eigenvalue weighted by Crippen LogP contribution is 2.39. The maximum atomic E-state index is 11.8. The molecule has 116 valence electrons. The summed E-state index contributed by atoms with van der Waals surface area (Å²) in [6, 6.07) is 0. The zero-order valence-electron chi connectivity index (χ0n) is 12.1. The van der Waals surface area contributed by atoms with Crippen LogP contribution in [0.4, 0.5) is 9.59 Å². The van der Waals surface area contributed by atoms with Gasteiger partial charge in [0, 0.05) is 5.92 Å². The van der Waals surface area contributed by atoms with E-state index in [1.54, 1.807) is 20.0 Å². The molecule has 0 unspecified atom stereocenters. The topological polar surface area (TPSA) is 93.9 Å². The maximum Gasteiger partial charge on any atom is 0.429 e. The lowest BCUT2D eigenvalue weighted by Gasteiger charge is -2.20. The van der Waals surface area contributed by atoms with Gasteiger partial charge < -0.3 is 13.9 Å². The summed E-state index contributed by atoms with van der Waals surface area (Å²) in [5.74, 6) is 1.53. The van der Waals surface area contributed by atoms with Crippen LogP contribution in [0.2, 0.25) is 0 Å². The van der Waals surface area contributed by atoms with Gasteiger partial charge in [0.15, 0.2) is 5.89 Å². The molecule has 2 amide bonds. The van der Waals surface area contributed by atoms with Gasteiger partial charge in [-0.2, -0.15) is 0 Å². The van der Waals surface area contributed by atoms with Gasteiger partial charge in [0.05, 0.1) is 19.4 Å². The van der Waals surface area contributed by atoms with Crippen molar-refractivity contribution < 1.29 is 23.5 Å². The van der Waals surface area contributed by atoms with Crippen molar-refractivity contribution in [3.63, 3.8) is 0 Å². The standard InChI is InChI=1S/C13H19N3O5/c1-3-19-12(17)15-16(13(18)20-4-2)8-10-7-14-11(21-10)9-5-6-9/h7,9H,3-6,8H2,1-2H3,(H,15,17). The van der Waals surface area contributed by atoms with Crippen molar-refractivity contribution in [1.29, 1.82) is 0 Å². The van der Waals surface area contributed by atoms with Gasteiger partial charge in [-0.3, -0.25) is 0 Å². The summed E-state index contributed by atoms with van der Waals surface area (Å²) < 4.78 is 15.2. The second-order valence-corrected chi connectivity index (χ2v) is 4.56. The molecule has 1 N–H and O–H groups in total. The minimum absolute atomic E-state index is 0.0252. The van der Waals surface area contributed by atoms with Crippen LogP contribution < -0.4 is 5.43 Å². The molecule has 1 heterocycles. The predicted octanol–water partition coefficient (Wildman–Crippen LogP) is 2.17. The summed E-state index contributed by atoms with van der Waals surface area (Å²) in [6.45, 7) is 3.78. The van der Waals surface area contributed by atoms with Gasteiger partial charge in [-0.05, 0) is 26.7 Å². The first-order valence-corrected chi connectivity index (χ1v) is 6.96. The normalized spacial score (nSPS) is 13.6. The van der Waals surface area contributed by atoms with E-state index in [2.05, 4.69) is 10.4 Å². The Labute approximate surface area is 122 Å². The van der Waals surface area contributed by atoms with Crippen molar-refractivity contribution in [2.75, 3.05) is 13.2 Å². The number of nitrogens with zero attached hydrogens (tertiary/aromatic N) is 2. The molecule has 21 heavy (non-hydrogen) atoms. The van der Waals surface area contributed by atoms with Crippen molar-refractivity contribution in [2.45, 2.75) is 39.2 Å². The molecule has 0 aromatic carbocycles. The third-order valence-electron chi connectivity index (χ3n) is 2.80. The van der Waals surface area contributed by atoms with Gasteiger partial charge >= 0.3 is 12.2 Å². The van der Waals surface area contributed by atoms with Gasteiger partial charge in [-0.1, -0.05) is 0 Å². The summed E-state index contributed by atoms with van der Waals surface area (Å²) in [4.78, 5) is 27.4. The van der Waals surface area contributed by atoms with E-state index in [1.165, 1.54) is 0 Å². The lowest BCUT2D eigenvalue weighted by atomic mass is 10.4. The molecule has 1 aliphatic carbocycles. The highest BCUT2D eigenvalue weighted by Gasteiger charge is 2.29. The molecule has 8 nitrogen and oxygen atoms in total. The zero-order chi connectivity index (χ0) is 15.2. The molecule has 1 aromatic heterocycles. The Hall–Kier alpha value is -2.25. The first-order valence-electron chi connectivity index (χ1n) is 6.96. The van der Waals surface area contributed by atoms with E-state index >= 15 is 0 Å². The van der Waals surface area contributed by atoms with Crippen LogP contribution in [0.3, 0.4) is 0 Å². The predicted molar refractivity (Wildman–Crippen MR) is 71.2 cm³/mol. The van der Waals surface area contributed by atoms with Gasteiger partial charge in [0.2, 0.25) is 0 Å². The van der Waals surface area contributed by atoms with Crippen molar-refractivity contribution in [3.8, 4) is 0 Å². The molecule has 0 radical (unpaired) electrons. The fourth-order valence-corrected chi connectivity index (χ4v) is 1.70. The number of oxazole rings is 1. The summed E-state index contributed by atoms with van der Waals surface area (Å²) in [5, 5.41) is 0.999. The number of carbonyl (C=O) groups excluding carboxylic acids is 2. The van der Waals surface area contributed by atoms with Crippen molar-refractivity contribution in [2.24, 2.45) is 0 Å². The highest BCUT2D eigenvalue weighted by atomic mass is 16.6. The number of ether oxygens (including phenoxy) is 2. The Balaban J connectivity index is 1.98. The van der Waals surface area contributed by atoms with Crippen LogP contribution in [0.1, 0.15) is 44.3 Å². The SMILES string of the molecule is CCOC(=O)NN(Cc1cnc(C2CC2)o1)C(=O)OCC. The molecule has 1 fully saturated rings. The molecular weight excluding hydrogens is 278 g/mol. The molecular formula is C13H19N3O5. The second kappa shape index (κ2) is 6.96. The van der Waals surface area contributed by atoms with Crippen LogP contribution in [0.15, 0.2) is 10.6 Å². The Morgan fingerprint density at radius 3 is 2.71 bits per heavy atom. The van der Waals surface area contributed by atoms with Gasteiger partial charge in [0.25, 0.3) is 0 Å². The molecule has 0 saturated heterocycles. The minimum Gasteiger partial charge on any atom is -0.449 e. The number of rotatable bonds is 5. The number of nitrogens with one attached hydrogen (secondary N) is 1. The Bertz CT molecular complexity index is 498. The lowest BCUT2D eigenvalue weighted by Crippen LogP contribution is -2.46. The number of aromatic nitrogens is 1. The summed E-state index contributed by atoms with van der Waals surface area (Å²) in [5.41, 5.74) is 2.31. The van der Waals surface area contributed by atoms with E-state index in [9.17, 15) is 9.59 Å². The average Bonchev–Trinajstić information content (AvgIpc) is 3.19. The van der Waals surface area contributed by atoms with Crippen molar-refractivity contribution in [1.82, 2.24) is 15.4 Å². The minimum atomic E-state index is -0.729. The smallest absolute Gasteiger partial charge is 0.429 e. The number of carbonyl (C=O) groups is 2. The van der Waals surface area contributed by atoms with Crippen LogP contribution in [0, 0.1) is 0 Å². The van der Waals surface area contributed by atoms with E-state index in [0.717, 1.165) is 17.9 Å². The van der Waals surface area contributed by atoms with Crippen LogP contribution in [0.25, 0.3) is 0 Å². The Kier molecular flexibility index (Phi) is 5.02. The van der Waals surface area contributed by atoms with Gasteiger partial charge in [-0.15, -0.1) is 0 Å². The Morgan fingerprint density at radius 1 is 1.38 bits per heavy atom. The molecule has 0 aliphatic heterocycles. The van der Waals surface area contributed by atoms with Crippen molar-refractivity contribution in [3.05, 3.63) is 17.8 Å². The van der Waals surface area contributed by atoms with E-state index < -0.39 is 12.2 Å². The summed E-state index contributed by atoms with van der Waals surface area (Å²) in [7, 11) is 0. The third-order valence-corrected chi connectivity index (χ3v) is 2.80. The van der Waals surface area contributed by atoms with Crippen LogP contribution in [0.5, 0.6) is 0 Å². The quantitative estimate of drug-likeness (QED) is 0.837. The average molecular weight is 297 g/mol. The second-order valence-electron chi connectivity index (χ2n) is 4.56. The molecule has 1 aliphatic rings. The number of hydrazine groups is 1. The summed E-state index contributed by atoms with van der Waals surface area (Å²) >= 11 is 0. The molecule has 2 rings (SSSR count). The lowest BCUT2D eigenvalue weighted by molar-refractivity contribution is 0.0682. The molecule has 0 atom stereocenters. The van der Waals surface area contributed by atoms with Gasteiger partial charge in [-0.25, -0.2) is 25.0 Å². The van der Waals surface area contributed by atoms with E-state index in [0.29, 0.717) is 17.6 Å². The van der Waals surface area contributed by atoms with E-state index in [-0.39, 0.29) is 19.8 Å². The first kappa shape index (κ1) is 15.1. The number of amides is 2. The zero-order valence-corrected chi connectivity index (χ0v) is 12.1. The van der Waals surface area contributed by atoms with Crippen LogP contribution in [-0.2, 0) is 16.0 Å². The van der Waals surface area contributed by atoms with Crippen LogP contribution in [-0.4, -0.2) is 35.4 Å². The maximum absolute atomic E-state index is 11.8. The highest BCUT2D eigenvalue weighted by molar-refractivity contribution is 5.73. The number of hydrogen-bond acceptors (Lipinski definition) is 6. The largest absolute Gasteiger partial charge is 0.449 e. The van der Waals surface area contributed by atoms with Crippen LogP contribution >= 0.6 is 0 Å². The molecule has 8 heteroatoms.